The molecule has 6 heteroatoms. The van der Waals surface area contributed by atoms with Crippen molar-refractivity contribution < 1.29 is 28.6 Å². The molecular formula is C58H102O6. The van der Waals surface area contributed by atoms with Crippen LogP contribution in [0.1, 0.15) is 271 Å². The third-order valence-electron chi connectivity index (χ3n) is 11.8. The molecule has 0 amide bonds. The summed E-state index contributed by atoms with van der Waals surface area (Å²) in [4.78, 5) is 38.0. The van der Waals surface area contributed by atoms with Gasteiger partial charge in [-0.15, -0.1) is 0 Å². The summed E-state index contributed by atoms with van der Waals surface area (Å²) in [5.41, 5.74) is 0. The SMILES string of the molecule is CCCCC\C=C/C=C\C=C/C=C\CCCCCCCC(=O)OCC(COC(=O)CCCCC/C=C\CCCCCCCC)OC(=O)CCCCCCCCCCCCCCCCC. The van der Waals surface area contributed by atoms with Crippen LogP contribution in [0.15, 0.2) is 60.8 Å². The molecule has 1 unspecified atom stereocenters. The van der Waals surface area contributed by atoms with Crippen molar-refractivity contribution in [2.45, 2.75) is 277 Å². The molecule has 0 fully saturated rings. The first-order valence-electron chi connectivity index (χ1n) is 27.3. The monoisotopic (exact) mass is 895 g/mol. The third kappa shape index (κ3) is 50.1. The van der Waals surface area contributed by atoms with Gasteiger partial charge >= 0.3 is 17.9 Å². The van der Waals surface area contributed by atoms with Crippen molar-refractivity contribution in [3.05, 3.63) is 60.8 Å². The van der Waals surface area contributed by atoms with Gasteiger partial charge in [0.05, 0.1) is 0 Å². The van der Waals surface area contributed by atoms with Gasteiger partial charge in [-0.25, -0.2) is 0 Å². The van der Waals surface area contributed by atoms with E-state index in [1.807, 2.05) is 0 Å². The van der Waals surface area contributed by atoms with E-state index in [9.17, 15) is 14.4 Å². The van der Waals surface area contributed by atoms with Crippen molar-refractivity contribution in [3.8, 4) is 0 Å². The molecule has 0 aliphatic heterocycles. The lowest BCUT2D eigenvalue weighted by molar-refractivity contribution is -0.167. The van der Waals surface area contributed by atoms with E-state index in [1.54, 1.807) is 0 Å². The lowest BCUT2D eigenvalue weighted by Crippen LogP contribution is -2.30. The van der Waals surface area contributed by atoms with Crippen LogP contribution in [0.25, 0.3) is 0 Å². The van der Waals surface area contributed by atoms with Gasteiger partial charge in [-0.1, -0.05) is 242 Å². The van der Waals surface area contributed by atoms with E-state index < -0.39 is 6.10 Å². The van der Waals surface area contributed by atoms with E-state index in [2.05, 4.69) is 81.5 Å². The van der Waals surface area contributed by atoms with E-state index >= 15 is 0 Å². The Bertz CT molecular complexity index is 1170. The molecule has 0 saturated carbocycles. The molecule has 0 radical (unpaired) electrons. The maximum absolute atomic E-state index is 12.8. The number of hydrogen-bond acceptors (Lipinski definition) is 6. The summed E-state index contributed by atoms with van der Waals surface area (Å²) in [7, 11) is 0. The van der Waals surface area contributed by atoms with Crippen molar-refractivity contribution in [1.29, 1.82) is 0 Å². The molecule has 0 aromatic rings. The number of carbonyl (C=O) groups is 3. The Morgan fingerprint density at radius 2 is 0.578 bits per heavy atom. The second kappa shape index (κ2) is 52.7. The maximum Gasteiger partial charge on any atom is 0.306 e. The minimum absolute atomic E-state index is 0.0879. The number of carbonyl (C=O) groups excluding carboxylic acids is 3. The topological polar surface area (TPSA) is 78.9 Å². The lowest BCUT2D eigenvalue weighted by atomic mass is 10.0. The average Bonchev–Trinajstić information content (AvgIpc) is 3.29. The van der Waals surface area contributed by atoms with Gasteiger partial charge in [-0.3, -0.25) is 14.4 Å². The molecule has 0 heterocycles. The second-order valence-electron chi connectivity index (χ2n) is 18.2. The Balaban J connectivity index is 4.43. The zero-order chi connectivity index (χ0) is 46.5. The second-order valence-corrected chi connectivity index (χ2v) is 18.2. The summed E-state index contributed by atoms with van der Waals surface area (Å²) >= 11 is 0. The lowest BCUT2D eigenvalue weighted by Gasteiger charge is -2.18. The largest absolute Gasteiger partial charge is 0.462 e. The highest BCUT2D eigenvalue weighted by molar-refractivity contribution is 5.71. The van der Waals surface area contributed by atoms with Crippen LogP contribution < -0.4 is 0 Å². The molecular weight excluding hydrogens is 793 g/mol. The summed E-state index contributed by atoms with van der Waals surface area (Å²) in [6.45, 7) is 6.58. The molecule has 0 aromatic heterocycles. The molecule has 0 N–H and O–H groups in total. The maximum atomic E-state index is 12.8. The standard InChI is InChI=1S/C58H102O6/c1-4-7-10-13-16-19-22-25-27-28-29-31-33-36-39-42-45-48-51-57(60)63-54-55(53-62-56(59)50-47-44-41-38-35-32-24-21-18-15-12-9-6-3)64-58(61)52-49-46-43-40-37-34-30-26-23-20-17-14-11-8-5-2/h16,19,22,25,27-29,31-32,35,55H,4-15,17-18,20-21,23-24,26,30,33-34,36-54H2,1-3H3/b19-16-,25-22-,28-27-,31-29-,35-32-. The van der Waals surface area contributed by atoms with Gasteiger partial charge < -0.3 is 14.2 Å². The summed E-state index contributed by atoms with van der Waals surface area (Å²) in [6.07, 6.45) is 64.8. The molecule has 0 saturated heterocycles. The Morgan fingerprint density at radius 1 is 0.312 bits per heavy atom. The number of allylic oxidation sites excluding steroid dienone is 10. The summed E-state index contributed by atoms with van der Waals surface area (Å²) in [6, 6.07) is 0. The van der Waals surface area contributed by atoms with Gasteiger partial charge in [-0.05, 0) is 70.6 Å². The minimum atomic E-state index is -0.787. The molecule has 0 spiro atoms. The molecule has 0 aliphatic carbocycles. The van der Waals surface area contributed by atoms with Crippen LogP contribution in [-0.2, 0) is 28.6 Å². The molecule has 6 nitrogen and oxygen atoms in total. The van der Waals surface area contributed by atoms with E-state index in [1.165, 1.54) is 135 Å². The van der Waals surface area contributed by atoms with Gasteiger partial charge in [0.15, 0.2) is 6.10 Å². The van der Waals surface area contributed by atoms with Crippen molar-refractivity contribution in [2.75, 3.05) is 13.2 Å². The van der Waals surface area contributed by atoms with Gasteiger partial charge in [0.2, 0.25) is 0 Å². The fourth-order valence-corrected chi connectivity index (χ4v) is 7.68. The number of rotatable bonds is 49. The number of unbranched alkanes of at least 4 members (excludes halogenated alkanes) is 31. The molecule has 0 rings (SSSR count). The van der Waals surface area contributed by atoms with Crippen LogP contribution in [0, 0.1) is 0 Å². The highest BCUT2D eigenvalue weighted by atomic mass is 16.6. The predicted octanol–water partition coefficient (Wildman–Crippen LogP) is 18.0. The molecule has 370 valence electrons. The van der Waals surface area contributed by atoms with Gasteiger partial charge in [0.1, 0.15) is 13.2 Å². The van der Waals surface area contributed by atoms with Gasteiger partial charge in [0, 0.05) is 19.3 Å². The number of esters is 3. The summed E-state index contributed by atoms with van der Waals surface area (Å²) in [5, 5.41) is 0. The summed E-state index contributed by atoms with van der Waals surface area (Å²) in [5.74, 6) is -0.916. The Kier molecular flexibility index (Phi) is 50.4. The fourth-order valence-electron chi connectivity index (χ4n) is 7.68. The van der Waals surface area contributed by atoms with Crippen LogP contribution in [0.4, 0.5) is 0 Å². The molecule has 64 heavy (non-hydrogen) atoms. The van der Waals surface area contributed by atoms with E-state index in [0.29, 0.717) is 19.3 Å². The predicted molar refractivity (Wildman–Crippen MR) is 275 cm³/mol. The van der Waals surface area contributed by atoms with Crippen LogP contribution in [-0.4, -0.2) is 37.2 Å². The van der Waals surface area contributed by atoms with Gasteiger partial charge in [-0.2, -0.15) is 0 Å². The Labute approximate surface area is 396 Å². The highest BCUT2D eigenvalue weighted by Crippen LogP contribution is 2.15. The van der Waals surface area contributed by atoms with Crippen LogP contribution >= 0.6 is 0 Å². The van der Waals surface area contributed by atoms with Crippen molar-refractivity contribution in [2.24, 2.45) is 0 Å². The van der Waals surface area contributed by atoms with E-state index in [0.717, 1.165) is 96.3 Å². The first-order chi connectivity index (χ1) is 31.5. The van der Waals surface area contributed by atoms with Crippen molar-refractivity contribution >= 4 is 17.9 Å². The van der Waals surface area contributed by atoms with Crippen molar-refractivity contribution in [3.63, 3.8) is 0 Å². The molecule has 0 aromatic carbocycles. The van der Waals surface area contributed by atoms with Crippen LogP contribution in [0.2, 0.25) is 0 Å². The first-order valence-corrected chi connectivity index (χ1v) is 27.3. The van der Waals surface area contributed by atoms with E-state index in [-0.39, 0.29) is 31.1 Å². The zero-order valence-corrected chi connectivity index (χ0v) is 42.3. The summed E-state index contributed by atoms with van der Waals surface area (Å²) < 4.78 is 16.8. The third-order valence-corrected chi connectivity index (χ3v) is 11.8. The van der Waals surface area contributed by atoms with Crippen molar-refractivity contribution in [1.82, 2.24) is 0 Å². The molecule has 1 atom stereocenters. The van der Waals surface area contributed by atoms with E-state index in [4.69, 9.17) is 14.2 Å². The highest BCUT2D eigenvalue weighted by Gasteiger charge is 2.19. The Hall–Kier alpha value is -2.89. The molecule has 0 aliphatic rings. The van der Waals surface area contributed by atoms with Crippen LogP contribution in [0.3, 0.4) is 0 Å². The molecule has 0 bridgehead atoms. The first kappa shape index (κ1) is 61.1. The average molecular weight is 895 g/mol. The zero-order valence-electron chi connectivity index (χ0n) is 42.3. The normalized spacial score (nSPS) is 12.5. The minimum Gasteiger partial charge on any atom is -0.462 e. The fraction of sp³-hybridized carbons (Fsp3) is 0.776. The van der Waals surface area contributed by atoms with Gasteiger partial charge in [0.25, 0.3) is 0 Å². The Morgan fingerprint density at radius 3 is 0.969 bits per heavy atom. The quantitative estimate of drug-likeness (QED) is 0.0199. The van der Waals surface area contributed by atoms with Crippen LogP contribution in [0.5, 0.6) is 0 Å². The smallest absolute Gasteiger partial charge is 0.306 e. The number of hydrogen-bond donors (Lipinski definition) is 0. The number of ether oxygens (including phenoxy) is 3.